The highest BCUT2D eigenvalue weighted by Crippen LogP contribution is 2.44. The fraction of sp³-hybridized carbons (Fsp3) is 0.125. The van der Waals surface area contributed by atoms with Crippen molar-refractivity contribution in [2.24, 2.45) is 0 Å². The predicted octanol–water partition coefficient (Wildman–Crippen LogP) is 4.18. The van der Waals surface area contributed by atoms with Crippen molar-refractivity contribution in [3.63, 3.8) is 0 Å². The number of carbonyl (C=O) groups is 2. The number of benzene rings is 2. The molecule has 2 heterocycles. The zero-order valence-corrected chi connectivity index (χ0v) is 18.6. The second-order valence-corrected chi connectivity index (χ2v) is 8.06. The third-order valence-electron chi connectivity index (χ3n) is 5.28. The van der Waals surface area contributed by atoms with Gasteiger partial charge < -0.3 is 19.8 Å². The molecule has 1 atom stereocenters. The lowest BCUT2D eigenvalue weighted by atomic mass is 9.95. The number of rotatable bonds is 5. The summed E-state index contributed by atoms with van der Waals surface area (Å²) in [4.78, 5) is 31.5. The van der Waals surface area contributed by atoms with Crippen LogP contribution in [0.15, 0.2) is 77.0 Å². The molecule has 2 N–H and O–H groups in total. The molecule has 32 heavy (non-hydrogen) atoms. The quantitative estimate of drug-likeness (QED) is 0.313. The number of aromatic hydroxyl groups is 1. The Kier molecular flexibility index (Phi) is 5.96. The largest absolute Gasteiger partial charge is 0.507 e. The molecule has 1 saturated heterocycles. The molecule has 0 spiro atoms. The Morgan fingerprint density at radius 2 is 1.81 bits per heavy atom. The minimum absolute atomic E-state index is 0.0447. The Morgan fingerprint density at radius 1 is 1.12 bits per heavy atom. The van der Waals surface area contributed by atoms with Gasteiger partial charge in [-0.2, -0.15) is 0 Å². The number of ketones is 1. The molecular weight excluding hydrogens is 476 g/mol. The number of hydrogen-bond acceptors (Lipinski definition) is 6. The van der Waals surface area contributed by atoms with Crippen LogP contribution in [0.1, 0.15) is 22.7 Å². The summed E-state index contributed by atoms with van der Waals surface area (Å²) in [5, 5.41) is 21.3. The Morgan fingerprint density at radius 3 is 2.47 bits per heavy atom. The topological polar surface area (TPSA) is 100.0 Å². The summed E-state index contributed by atoms with van der Waals surface area (Å²) in [6, 6.07) is 14.6. The number of phenols is 1. The van der Waals surface area contributed by atoms with E-state index in [0.29, 0.717) is 15.6 Å². The molecule has 7 nitrogen and oxygen atoms in total. The van der Waals surface area contributed by atoms with E-state index >= 15 is 0 Å². The van der Waals surface area contributed by atoms with E-state index in [1.807, 2.05) is 30.3 Å². The number of aromatic nitrogens is 1. The van der Waals surface area contributed by atoms with E-state index in [1.54, 1.807) is 24.3 Å². The first kappa shape index (κ1) is 21.6. The number of phenolic OH excluding ortho intramolecular Hbond substituents is 1. The number of hydrogen-bond donors (Lipinski definition) is 2. The first-order valence-corrected chi connectivity index (χ1v) is 10.5. The van der Waals surface area contributed by atoms with Crippen molar-refractivity contribution in [1.82, 2.24) is 9.88 Å². The molecule has 0 radical (unpaired) electrons. The van der Waals surface area contributed by atoms with Crippen molar-refractivity contribution in [3.8, 4) is 11.5 Å². The van der Waals surface area contributed by atoms with E-state index in [0.717, 1.165) is 5.56 Å². The number of aliphatic hydroxyl groups excluding tert-OH is 1. The number of nitrogens with zero attached hydrogens (tertiary/aromatic N) is 2. The summed E-state index contributed by atoms with van der Waals surface area (Å²) in [6.07, 6.45) is 2.98. The number of methoxy groups -OCH3 is 1. The van der Waals surface area contributed by atoms with Gasteiger partial charge in [0.2, 0.25) is 0 Å². The average molecular weight is 495 g/mol. The summed E-state index contributed by atoms with van der Waals surface area (Å²) in [5.74, 6) is -1.75. The molecule has 4 rings (SSSR count). The zero-order chi connectivity index (χ0) is 22.8. The molecule has 1 aromatic heterocycles. The van der Waals surface area contributed by atoms with Gasteiger partial charge >= 0.3 is 0 Å². The van der Waals surface area contributed by atoms with Crippen LogP contribution in [0, 0.1) is 0 Å². The van der Waals surface area contributed by atoms with Crippen LogP contribution >= 0.6 is 15.9 Å². The van der Waals surface area contributed by atoms with Gasteiger partial charge in [0.15, 0.2) is 11.5 Å². The second kappa shape index (κ2) is 8.84. The van der Waals surface area contributed by atoms with Crippen LogP contribution < -0.4 is 4.74 Å². The summed E-state index contributed by atoms with van der Waals surface area (Å²) < 4.78 is 5.59. The van der Waals surface area contributed by atoms with Crippen LogP contribution in [0.4, 0.5) is 0 Å². The number of ether oxygens (including phenoxy) is 1. The molecule has 1 aliphatic heterocycles. The van der Waals surface area contributed by atoms with Crippen LogP contribution in [0.2, 0.25) is 0 Å². The van der Waals surface area contributed by atoms with Crippen molar-refractivity contribution in [2.75, 3.05) is 7.11 Å². The van der Waals surface area contributed by atoms with E-state index in [-0.39, 0.29) is 29.4 Å². The lowest BCUT2D eigenvalue weighted by Gasteiger charge is -2.26. The number of Topliss-reactive ketones (excluding diaryl/α,β-unsaturated/α-hetero) is 1. The van der Waals surface area contributed by atoms with Crippen LogP contribution in [0.25, 0.3) is 5.76 Å². The Hall–Kier alpha value is -3.65. The minimum atomic E-state index is -0.894. The van der Waals surface area contributed by atoms with Crippen molar-refractivity contribution in [3.05, 3.63) is 93.7 Å². The lowest BCUT2D eigenvalue weighted by molar-refractivity contribution is -0.140. The summed E-state index contributed by atoms with van der Waals surface area (Å²) in [7, 11) is 1.41. The van der Waals surface area contributed by atoms with Crippen LogP contribution in [0.3, 0.4) is 0 Å². The number of halogens is 1. The molecule has 162 valence electrons. The van der Waals surface area contributed by atoms with E-state index < -0.39 is 17.7 Å². The van der Waals surface area contributed by atoms with Crippen LogP contribution in [-0.2, 0) is 16.1 Å². The molecule has 1 aliphatic rings. The summed E-state index contributed by atoms with van der Waals surface area (Å²) in [6.45, 7) is 0.157. The van der Waals surface area contributed by atoms with Gasteiger partial charge in [-0.25, -0.2) is 0 Å². The molecule has 3 aromatic rings. The highest BCUT2D eigenvalue weighted by atomic mass is 79.9. The molecule has 1 fully saturated rings. The van der Waals surface area contributed by atoms with E-state index in [4.69, 9.17) is 4.74 Å². The van der Waals surface area contributed by atoms with Crippen molar-refractivity contribution < 1.29 is 24.5 Å². The van der Waals surface area contributed by atoms with Crippen molar-refractivity contribution in [1.29, 1.82) is 0 Å². The molecule has 0 aliphatic carbocycles. The third kappa shape index (κ3) is 3.85. The highest BCUT2D eigenvalue weighted by molar-refractivity contribution is 9.10. The van der Waals surface area contributed by atoms with Crippen molar-refractivity contribution >= 4 is 33.4 Å². The Labute approximate surface area is 192 Å². The molecule has 2 aromatic carbocycles. The molecule has 1 unspecified atom stereocenters. The van der Waals surface area contributed by atoms with Gasteiger partial charge in [-0.15, -0.1) is 0 Å². The molecule has 0 saturated carbocycles. The first-order valence-electron chi connectivity index (χ1n) is 9.71. The van der Waals surface area contributed by atoms with Gasteiger partial charge in [0.25, 0.3) is 11.7 Å². The number of aliphatic hydroxyl groups is 1. The highest BCUT2D eigenvalue weighted by Gasteiger charge is 2.46. The summed E-state index contributed by atoms with van der Waals surface area (Å²) in [5.41, 5.74) is 1.65. The van der Waals surface area contributed by atoms with Crippen LogP contribution in [-0.4, -0.2) is 38.9 Å². The molecule has 0 bridgehead atoms. The molecule has 8 heteroatoms. The van der Waals surface area contributed by atoms with Gasteiger partial charge in [-0.1, -0.05) is 30.3 Å². The van der Waals surface area contributed by atoms with Crippen LogP contribution in [0.5, 0.6) is 11.5 Å². The zero-order valence-electron chi connectivity index (χ0n) is 17.0. The maximum absolute atomic E-state index is 13.1. The number of likely N-dealkylation sites (tertiary alicyclic amines) is 1. The number of carbonyl (C=O) groups excluding carboxylic acids is 2. The second-order valence-electron chi connectivity index (χ2n) is 7.20. The SMILES string of the molecule is COc1cc(C2/C(=C(\O)c3ccncc3)C(=O)C(=O)N2Cc2ccccc2)cc(Br)c1O. The molecule has 1 amide bonds. The maximum atomic E-state index is 13.1. The third-order valence-corrected chi connectivity index (χ3v) is 5.88. The monoisotopic (exact) mass is 494 g/mol. The molecular formula is C24H19BrN2O5. The van der Waals surface area contributed by atoms with E-state index in [9.17, 15) is 19.8 Å². The number of pyridine rings is 1. The summed E-state index contributed by atoms with van der Waals surface area (Å²) >= 11 is 3.30. The van der Waals surface area contributed by atoms with E-state index in [1.165, 1.54) is 24.4 Å². The van der Waals surface area contributed by atoms with Gasteiger partial charge in [0.1, 0.15) is 5.76 Å². The fourth-order valence-electron chi connectivity index (χ4n) is 3.74. The fourth-order valence-corrected chi connectivity index (χ4v) is 4.20. The van der Waals surface area contributed by atoms with Gasteiger partial charge in [-0.3, -0.25) is 14.6 Å². The average Bonchev–Trinajstić information content (AvgIpc) is 3.06. The maximum Gasteiger partial charge on any atom is 0.295 e. The van der Waals surface area contributed by atoms with Gasteiger partial charge in [0, 0.05) is 24.5 Å². The van der Waals surface area contributed by atoms with E-state index in [2.05, 4.69) is 20.9 Å². The normalized spacial score (nSPS) is 17.6. The minimum Gasteiger partial charge on any atom is -0.507 e. The number of amides is 1. The van der Waals surface area contributed by atoms with Gasteiger partial charge in [-0.05, 0) is 51.3 Å². The van der Waals surface area contributed by atoms with Crippen molar-refractivity contribution in [2.45, 2.75) is 12.6 Å². The van der Waals surface area contributed by atoms with Gasteiger partial charge in [0.05, 0.1) is 23.2 Å². The standard InChI is InChI=1S/C24H19BrN2O5/c1-32-18-12-16(11-17(25)22(18)29)20-19(21(28)15-7-9-26-10-8-15)23(30)24(31)27(20)13-14-5-3-2-4-6-14/h2-12,20,28-29H,13H2,1H3/b21-19+. The smallest absolute Gasteiger partial charge is 0.295 e. The Balaban J connectivity index is 1.92. The first-order chi connectivity index (χ1) is 15.4. The lowest BCUT2D eigenvalue weighted by Crippen LogP contribution is -2.29. The predicted molar refractivity (Wildman–Crippen MR) is 121 cm³/mol. The Bertz CT molecular complexity index is 1210.